The highest BCUT2D eigenvalue weighted by Gasteiger charge is 2.29. The van der Waals surface area contributed by atoms with Gasteiger partial charge in [0.15, 0.2) is 0 Å². The van der Waals surface area contributed by atoms with E-state index in [0.717, 1.165) is 0 Å². The van der Waals surface area contributed by atoms with Gasteiger partial charge in [0.1, 0.15) is 5.54 Å². The van der Waals surface area contributed by atoms with Crippen molar-refractivity contribution in [2.75, 3.05) is 32.7 Å². The quantitative estimate of drug-likeness (QED) is 0.694. The fraction of sp³-hybridized carbons (Fsp3) is 0.750. The maximum absolute atomic E-state index is 11.9. The standard InChI is InChI=1S/C12H21N3O4/c1-9(16)14-4-6-15(7-5-14)10(17)8-13-12(2,3)11(18)19/h13H,4-8H2,1-3H3,(H,18,19). The molecule has 0 spiro atoms. The smallest absolute Gasteiger partial charge is 0.323 e. The van der Waals surface area contributed by atoms with Crippen molar-refractivity contribution in [3.8, 4) is 0 Å². The van der Waals surface area contributed by atoms with Crippen molar-refractivity contribution in [2.45, 2.75) is 26.3 Å². The number of nitrogens with zero attached hydrogens (tertiary/aromatic N) is 2. The van der Waals surface area contributed by atoms with E-state index in [-0.39, 0.29) is 18.4 Å². The number of aliphatic carboxylic acids is 1. The first-order chi connectivity index (χ1) is 8.74. The van der Waals surface area contributed by atoms with Gasteiger partial charge >= 0.3 is 5.97 Å². The molecule has 108 valence electrons. The number of carboxylic acids is 1. The molecule has 7 nitrogen and oxygen atoms in total. The van der Waals surface area contributed by atoms with Gasteiger partial charge in [-0.05, 0) is 13.8 Å². The normalized spacial score (nSPS) is 16.4. The molecule has 1 saturated heterocycles. The molecule has 0 radical (unpaired) electrons. The first-order valence-electron chi connectivity index (χ1n) is 6.26. The highest BCUT2D eigenvalue weighted by molar-refractivity contribution is 5.82. The molecule has 0 aliphatic carbocycles. The van der Waals surface area contributed by atoms with Crippen LogP contribution in [-0.2, 0) is 14.4 Å². The number of hydrogen-bond donors (Lipinski definition) is 2. The SMILES string of the molecule is CC(=O)N1CCN(C(=O)CNC(C)(C)C(=O)O)CC1. The van der Waals surface area contributed by atoms with E-state index in [1.54, 1.807) is 9.80 Å². The van der Waals surface area contributed by atoms with E-state index >= 15 is 0 Å². The molecule has 1 heterocycles. The summed E-state index contributed by atoms with van der Waals surface area (Å²) in [6.45, 7) is 6.56. The van der Waals surface area contributed by atoms with Gasteiger partial charge in [-0.3, -0.25) is 19.7 Å². The van der Waals surface area contributed by atoms with Crippen LogP contribution in [0.1, 0.15) is 20.8 Å². The number of hydrogen-bond acceptors (Lipinski definition) is 4. The largest absolute Gasteiger partial charge is 0.480 e. The molecule has 0 aromatic rings. The number of nitrogens with one attached hydrogen (secondary N) is 1. The van der Waals surface area contributed by atoms with Crippen LogP contribution in [0.3, 0.4) is 0 Å². The van der Waals surface area contributed by atoms with E-state index in [2.05, 4.69) is 5.32 Å². The number of rotatable bonds is 4. The van der Waals surface area contributed by atoms with Crippen LogP contribution >= 0.6 is 0 Å². The molecule has 0 aromatic heterocycles. The van der Waals surface area contributed by atoms with Gasteiger partial charge in [0.25, 0.3) is 0 Å². The second kappa shape index (κ2) is 6.01. The molecule has 1 fully saturated rings. The van der Waals surface area contributed by atoms with Crippen LogP contribution in [0.2, 0.25) is 0 Å². The summed E-state index contributed by atoms with van der Waals surface area (Å²) in [4.78, 5) is 37.3. The Morgan fingerprint density at radius 2 is 1.58 bits per heavy atom. The van der Waals surface area contributed by atoms with Crippen LogP contribution in [0.5, 0.6) is 0 Å². The minimum absolute atomic E-state index is 0.0113. The van der Waals surface area contributed by atoms with E-state index in [1.807, 2.05) is 0 Å². The third kappa shape index (κ3) is 4.20. The minimum atomic E-state index is -1.13. The average molecular weight is 271 g/mol. The molecule has 0 unspecified atom stereocenters. The predicted octanol–water partition coefficient (Wildman–Crippen LogP) is -0.870. The van der Waals surface area contributed by atoms with Crippen molar-refractivity contribution >= 4 is 17.8 Å². The van der Waals surface area contributed by atoms with Crippen LogP contribution in [0, 0.1) is 0 Å². The summed E-state index contributed by atoms with van der Waals surface area (Å²) in [6.07, 6.45) is 0. The summed E-state index contributed by atoms with van der Waals surface area (Å²) in [6, 6.07) is 0. The van der Waals surface area contributed by atoms with Gasteiger partial charge in [0.2, 0.25) is 11.8 Å². The van der Waals surface area contributed by atoms with Gasteiger partial charge in [-0.25, -0.2) is 0 Å². The lowest BCUT2D eigenvalue weighted by molar-refractivity contribution is -0.144. The Labute approximate surface area is 112 Å². The first-order valence-corrected chi connectivity index (χ1v) is 6.26. The molecule has 2 N–H and O–H groups in total. The summed E-state index contributed by atoms with van der Waals surface area (Å²) in [5, 5.41) is 11.6. The topological polar surface area (TPSA) is 90.0 Å². The second-order valence-electron chi connectivity index (χ2n) is 5.17. The van der Waals surface area contributed by atoms with Gasteiger partial charge in [-0.1, -0.05) is 0 Å². The zero-order chi connectivity index (χ0) is 14.6. The predicted molar refractivity (Wildman–Crippen MR) is 68.6 cm³/mol. The Kier molecular flexibility index (Phi) is 4.88. The Morgan fingerprint density at radius 3 is 2.00 bits per heavy atom. The third-order valence-electron chi connectivity index (χ3n) is 3.29. The first kappa shape index (κ1) is 15.4. The average Bonchev–Trinajstić information content (AvgIpc) is 2.36. The molecule has 0 aromatic carbocycles. The molecular weight excluding hydrogens is 250 g/mol. The fourth-order valence-corrected chi connectivity index (χ4v) is 1.75. The monoisotopic (exact) mass is 271 g/mol. The molecule has 1 rings (SSSR count). The van der Waals surface area contributed by atoms with E-state index in [9.17, 15) is 14.4 Å². The highest BCUT2D eigenvalue weighted by Crippen LogP contribution is 2.04. The Balaban J connectivity index is 2.40. The maximum Gasteiger partial charge on any atom is 0.323 e. The van der Waals surface area contributed by atoms with Gasteiger partial charge < -0.3 is 14.9 Å². The van der Waals surface area contributed by atoms with Crippen LogP contribution in [0.25, 0.3) is 0 Å². The zero-order valence-electron chi connectivity index (χ0n) is 11.6. The van der Waals surface area contributed by atoms with Crippen molar-refractivity contribution in [1.82, 2.24) is 15.1 Å². The number of carbonyl (C=O) groups is 3. The summed E-state index contributed by atoms with van der Waals surface area (Å²) >= 11 is 0. The van der Waals surface area contributed by atoms with Gasteiger partial charge in [0.05, 0.1) is 6.54 Å². The van der Waals surface area contributed by atoms with E-state index in [0.29, 0.717) is 26.2 Å². The minimum Gasteiger partial charge on any atom is -0.480 e. The summed E-state index contributed by atoms with van der Waals surface area (Å²) in [5.74, 6) is -1.13. The maximum atomic E-state index is 11.9. The molecular formula is C12H21N3O4. The molecule has 1 aliphatic rings. The van der Waals surface area contributed by atoms with Gasteiger partial charge in [-0.15, -0.1) is 0 Å². The highest BCUT2D eigenvalue weighted by atomic mass is 16.4. The Bertz CT molecular complexity index is 373. The third-order valence-corrected chi connectivity index (χ3v) is 3.29. The fourth-order valence-electron chi connectivity index (χ4n) is 1.75. The molecule has 0 bridgehead atoms. The molecule has 19 heavy (non-hydrogen) atoms. The molecule has 2 amide bonds. The van der Waals surface area contributed by atoms with Crippen molar-refractivity contribution in [2.24, 2.45) is 0 Å². The molecule has 0 saturated carbocycles. The van der Waals surface area contributed by atoms with Crippen LogP contribution in [0.4, 0.5) is 0 Å². The van der Waals surface area contributed by atoms with Gasteiger partial charge in [-0.2, -0.15) is 0 Å². The number of carboxylic acid groups (broad SMARTS) is 1. The Hall–Kier alpha value is -1.63. The van der Waals surface area contributed by atoms with Crippen molar-refractivity contribution < 1.29 is 19.5 Å². The van der Waals surface area contributed by atoms with E-state index < -0.39 is 11.5 Å². The van der Waals surface area contributed by atoms with Crippen LogP contribution in [-0.4, -0.2) is 71.0 Å². The Morgan fingerprint density at radius 1 is 1.11 bits per heavy atom. The molecule has 0 atom stereocenters. The number of carbonyl (C=O) groups excluding carboxylic acids is 2. The number of amides is 2. The van der Waals surface area contributed by atoms with Gasteiger partial charge in [0, 0.05) is 33.1 Å². The number of piperazine rings is 1. The van der Waals surface area contributed by atoms with Crippen molar-refractivity contribution in [3.63, 3.8) is 0 Å². The zero-order valence-corrected chi connectivity index (χ0v) is 11.6. The lowest BCUT2D eigenvalue weighted by Crippen LogP contribution is -2.55. The van der Waals surface area contributed by atoms with Crippen molar-refractivity contribution in [1.29, 1.82) is 0 Å². The van der Waals surface area contributed by atoms with E-state index in [1.165, 1.54) is 20.8 Å². The molecule has 1 aliphatic heterocycles. The molecule has 7 heteroatoms. The lowest BCUT2D eigenvalue weighted by atomic mass is 10.1. The lowest BCUT2D eigenvalue weighted by Gasteiger charge is -2.34. The summed E-state index contributed by atoms with van der Waals surface area (Å²) in [5.41, 5.74) is -1.13. The summed E-state index contributed by atoms with van der Waals surface area (Å²) < 4.78 is 0. The van der Waals surface area contributed by atoms with E-state index in [4.69, 9.17) is 5.11 Å². The summed E-state index contributed by atoms with van der Waals surface area (Å²) in [7, 11) is 0. The second-order valence-corrected chi connectivity index (χ2v) is 5.17. The van der Waals surface area contributed by atoms with Crippen LogP contribution < -0.4 is 5.32 Å². The van der Waals surface area contributed by atoms with Crippen molar-refractivity contribution in [3.05, 3.63) is 0 Å². The van der Waals surface area contributed by atoms with Crippen LogP contribution in [0.15, 0.2) is 0 Å².